The number of nitrogens with zero attached hydrogens (tertiary/aromatic N) is 3. The zero-order valence-corrected chi connectivity index (χ0v) is 18.9. The van der Waals surface area contributed by atoms with E-state index in [1.165, 1.54) is 11.1 Å². The molecule has 1 aliphatic heterocycles. The minimum Gasteiger partial charge on any atom is -0.461 e. The van der Waals surface area contributed by atoms with Gasteiger partial charge in [0.05, 0.1) is 17.7 Å². The lowest BCUT2D eigenvalue weighted by Gasteiger charge is -2.31. The van der Waals surface area contributed by atoms with Crippen LogP contribution in [-0.4, -0.2) is 34.7 Å². The van der Waals surface area contributed by atoms with E-state index >= 15 is 0 Å². The van der Waals surface area contributed by atoms with Gasteiger partial charge in [0.25, 0.3) is 0 Å². The van der Waals surface area contributed by atoms with Gasteiger partial charge in [0.15, 0.2) is 5.76 Å². The lowest BCUT2D eigenvalue weighted by Crippen LogP contribution is -2.41. The van der Waals surface area contributed by atoms with Crippen molar-refractivity contribution in [2.75, 3.05) is 23.3 Å². The normalized spacial score (nSPS) is 20.6. The van der Waals surface area contributed by atoms with Crippen molar-refractivity contribution in [1.29, 1.82) is 0 Å². The van der Waals surface area contributed by atoms with Crippen LogP contribution in [-0.2, 0) is 17.6 Å². The standard InChI is InChI=1S/C24H26N4O3S/c1-15-7-8-17-19(13-15)32-23(20(17)21(29)18-6-3-12-31-18)27-22(30)16-5-2-11-28(14-16)24-25-9-4-10-26-24/h3-4,6,9-10,12,15-16H,2,5,7-8,11,13-14H2,1H3,(H,27,30). The molecular weight excluding hydrogens is 424 g/mol. The van der Waals surface area contributed by atoms with Crippen molar-refractivity contribution < 1.29 is 14.0 Å². The molecule has 2 atom stereocenters. The number of hydrogen-bond acceptors (Lipinski definition) is 7. The van der Waals surface area contributed by atoms with Crippen molar-refractivity contribution in [1.82, 2.24) is 9.97 Å². The average Bonchev–Trinajstić information content (AvgIpc) is 3.47. The highest BCUT2D eigenvalue weighted by molar-refractivity contribution is 7.17. The molecule has 2 unspecified atom stereocenters. The summed E-state index contributed by atoms with van der Waals surface area (Å²) >= 11 is 1.55. The van der Waals surface area contributed by atoms with Gasteiger partial charge < -0.3 is 14.6 Å². The Labute approximate surface area is 190 Å². The number of thiophene rings is 1. The number of amides is 1. The first-order valence-corrected chi connectivity index (χ1v) is 12.0. The van der Waals surface area contributed by atoms with Crippen LogP contribution in [0.25, 0.3) is 0 Å². The van der Waals surface area contributed by atoms with Crippen molar-refractivity contribution >= 4 is 34.0 Å². The quantitative estimate of drug-likeness (QED) is 0.582. The summed E-state index contributed by atoms with van der Waals surface area (Å²) in [5, 5.41) is 3.77. The minimum absolute atomic E-state index is 0.0502. The lowest BCUT2D eigenvalue weighted by atomic mass is 9.87. The van der Waals surface area contributed by atoms with Gasteiger partial charge >= 0.3 is 0 Å². The van der Waals surface area contributed by atoms with Gasteiger partial charge in [-0.05, 0) is 61.8 Å². The van der Waals surface area contributed by atoms with Crippen LogP contribution >= 0.6 is 11.3 Å². The molecule has 0 saturated carbocycles. The Kier molecular flexibility index (Phi) is 5.78. The summed E-state index contributed by atoms with van der Waals surface area (Å²) in [6.07, 6.45) is 9.49. The summed E-state index contributed by atoms with van der Waals surface area (Å²) in [5.74, 6) is 1.15. The number of nitrogens with one attached hydrogen (secondary N) is 1. The van der Waals surface area contributed by atoms with E-state index in [0.717, 1.165) is 44.2 Å². The van der Waals surface area contributed by atoms with Crippen molar-refractivity contribution in [2.45, 2.75) is 39.0 Å². The van der Waals surface area contributed by atoms with E-state index in [4.69, 9.17) is 4.42 Å². The van der Waals surface area contributed by atoms with Crippen molar-refractivity contribution in [3.05, 3.63) is 58.6 Å². The first-order valence-electron chi connectivity index (χ1n) is 11.2. The fraction of sp³-hybridized carbons (Fsp3) is 0.417. The second-order valence-electron chi connectivity index (χ2n) is 8.69. The van der Waals surface area contributed by atoms with E-state index in [1.54, 1.807) is 41.9 Å². The van der Waals surface area contributed by atoms with Gasteiger partial charge in [0, 0.05) is 30.4 Å². The predicted molar refractivity (Wildman–Crippen MR) is 123 cm³/mol. The molecule has 1 N–H and O–H groups in total. The number of ketones is 1. The fourth-order valence-corrected chi connectivity index (χ4v) is 6.06. The van der Waals surface area contributed by atoms with Crippen LogP contribution < -0.4 is 10.2 Å². The predicted octanol–water partition coefficient (Wildman–Crippen LogP) is 4.34. The topological polar surface area (TPSA) is 88.3 Å². The minimum atomic E-state index is -0.183. The van der Waals surface area contributed by atoms with Crippen LogP contribution in [0.15, 0.2) is 41.3 Å². The summed E-state index contributed by atoms with van der Waals surface area (Å²) in [5.41, 5.74) is 1.69. The number of carbonyl (C=O) groups excluding carboxylic acids is 2. The third-order valence-corrected chi connectivity index (χ3v) is 7.52. The second kappa shape index (κ2) is 8.86. The van der Waals surface area contributed by atoms with E-state index in [9.17, 15) is 9.59 Å². The fourth-order valence-electron chi connectivity index (χ4n) is 4.65. The first-order chi connectivity index (χ1) is 15.6. The Bertz CT molecular complexity index is 1110. The number of hydrogen-bond donors (Lipinski definition) is 1. The molecule has 166 valence electrons. The largest absolute Gasteiger partial charge is 0.461 e. The first kappa shape index (κ1) is 20.9. The van der Waals surface area contributed by atoms with Crippen molar-refractivity contribution in [2.24, 2.45) is 11.8 Å². The number of rotatable bonds is 5. The maximum absolute atomic E-state index is 13.3. The molecule has 0 aromatic carbocycles. The molecule has 7 nitrogen and oxygen atoms in total. The van der Waals surface area contributed by atoms with Gasteiger partial charge in [-0.1, -0.05) is 6.92 Å². The molecule has 1 amide bonds. The van der Waals surface area contributed by atoms with Gasteiger partial charge in [-0.3, -0.25) is 9.59 Å². The SMILES string of the molecule is CC1CCc2c(sc(NC(=O)C3CCCN(c4ncccn4)C3)c2C(=O)c2ccco2)C1. The molecule has 0 spiro atoms. The van der Waals surface area contributed by atoms with Crippen LogP contribution in [0, 0.1) is 11.8 Å². The Balaban J connectivity index is 1.40. The second-order valence-corrected chi connectivity index (χ2v) is 9.79. The van der Waals surface area contributed by atoms with Gasteiger partial charge in [-0.25, -0.2) is 9.97 Å². The molecule has 5 rings (SSSR count). The number of carbonyl (C=O) groups is 2. The Morgan fingerprint density at radius 2 is 2.06 bits per heavy atom. The van der Waals surface area contributed by atoms with Gasteiger partial charge in [0.2, 0.25) is 17.6 Å². The smallest absolute Gasteiger partial charge is 0.231 e. The Hall–Kier alpha value is -3.00. The highest BCUT2D eigenvalue weighted by atomic mass is 32.1. The summed E-state index contributed by atoms with van der Waals surface area (Å²) in [6.45, 7) is 3.64. The van der Waals surface area contributed by atoms with Crippen molar-refractivity contribution in [3.8, 4) is 0 Å². The maximum Gasteiger partial charge on any atom is 0.231 e. The van der Waals surface area contributed by atoms with Gasteiger partial charge in [-0.2, -0.15) is 0 Å². The highest BCUT2D eigenvalue weighted by Crippen LogP contribution is 2.41. The monoisotopic (exact) mass is 450 g/mol. The molecule has 1 fully saturated rings. The van der Waals surface area contributed by atoms with E-state index in [2.05, 4.69) is 27.1 Å². The molecule has 0 bridgehead atoms. The van der Waals surface area contributed by atoms with Crippen LogP contribution in [0.2, 0.25) is 0 Å². The van der Waals surface area contributed by atoms with Gasteiger partial charge in [-0.15, -0.1) is 11.3 Å². The number of fused-ring (bicyclic) bond motifs is 1. The summed E-state index contributed by atoms with van der Waals surface area (Å²) in [7, 11) is 0. The van der Waals surface area contributed by atoms with E-state index < -0.39 is 0 Å². The molecular formula is C24H26N4O3S. The molecule has 0 radical (unpaired) electrons. The molecule has 32 heavy (non-hydrogen) atoms. The summed E-state index contributed by atoms with van der Waals surface area (Å²) in [4.78, 5) is 38.5. The van der Waals surface area contributed by atoms with E-state index in [0.29, 0.717) is 34.7 Å². The number of piperidine rings is 1. The Morgan fingerprint density at radius 3 is 2.84 bits per heavy atom. The van der Waals surface area contributed by atoms with Crippen LogP contribution in [0.1, 0.15) is 52.7 Å². The number of anilines is 2. The number of aromatic nitrogens is 2. The lowest BCUT2D eigenvalue weighted by molar-refractivity contribution is -0.120. The summed E-state index contributed by atoms with van der Waals surface area (Å²) in [6, 6.07) is 5.19. The van der Waals surface area contributed by atoms with Crippen molar-refractivity contribution in [3.63, 3.8) is 0 Å². The van der Waals surface area contributed by atoms with Crippen LogP contribution in [0.4, 0.5) is 10.9 Å². The molecule has 4 heterocycles. The third-order valence-electron chi connectivity index (χ3n) is 6.35. The highest BCUT2D eigenvalue weighted by Gasteiger charge is 2.32. The molecule has 1 saturated heterocycles. The van der Waals surface area contributed by atoms with E-state index in [1.807, 2.05) is 0 Å². The molecule has 3 aromatic heterocycles. The molecule has 2 aliphatic rings. The maximum atomic E-state index is 13.3. The van der Waals surface area contributed by atoms with Crippen LogP contribution in [0.3, 0.4) is 0 Å². The van der Waals surface area contributed by atoms with Crippen LogP contribution in [0.5, 0.6) is 0 Å². The molecule has 3 aromatic rings. The molecule has 8 heteroatoms. The number of furan rings is 1. The van der Waals surface area contributed by atoms with E-state index in [-0.39, 0.29) is 17.6 Å². The third kappa shape index (κ3) is 4.07. The average molecular weight is 451 g/mol. The molecule has 1 aliphatic carbocycles. The summed E-state index contributed by atoms with van der Waals surface area (Å²) < 4.78 is 5.39. The Morgan fingerprint density at radius 1 is 1.22 bits per heavy atom. The zero-order valence-electron chi connectivity index (χ0n) is 18.0. The zero-order chi connectivity index (χ0) is 22.1. The van der Waals surface area contributed by atoms with Gasteiger partial charge in [0.1, 0.15) is 5.00 Å².